The molecule has 1 unspecified atom stereocenters. The van der Waals surface area contributed by atoms with Crippen molar-refractivity contribution in [3.63, 3.8) is 0 Å². The van der Waals surface area contributed by atoms with Crippen molar-refractivity contribution >= 4 is 28.5 Å². The molecule has 0 radical (unpaired) electrons. The van der Waals surface area contributed by atoms with Crippen molar-refractivity contribution in [1.29, 1.82) is 0 Å². The van der Waals surface area contributed by atoms with Gasteiger partial charge in [0.2, 0.25) is 5.91 Å². The van der Waals surface area contributed by atoms with E-state index in [1.165, 1.54) is 12.1 Å². The maximum atomic E-state index is 13.4. The quantitative estimate of drug-likeness (QED) is 0.862. The Bertz CT molecular complexity index is 652. The van der Waals surface area contributed by atoms with Gasteiger partial charge in [0.05, 0.1) is 16.4 Å². The van der Waals surface area contributed by atoms with E-state index >= 15 is 0 Å². The molecule has 1 heterocycles. The van der Waals surface area contributed by atoms with E-state index in [0.717, 1.165) is 0 Å². The smallest absolute Gasteiger partial charge is 0.240 e. The van der Waals surface area contributed by atoms with E-state index < -0.39 is 0 Å². The fraction of sp³-hybridized carbons (Fsp3) is 0.467. The number of benzene rings is 1. The molecule has 1 atom stereocenters. The van der Waals surface area contributed by atoms with Crippen LogP contribution in [-0.4, -0.2) is 22.0 Å². The number of rotatable bonds is 5. The minimum absolute atomic E-state index is 0.0824. The monoisotopic (exact) mass is 311 g/mol. The van der Waals surface area contributed by atoms with Crippen LogP contribution in [0.4, 0.5) is 4.39 Å². The normalized spacial score (nSPS) is 12.9. The summed E-state index contributed by atoms with van der Waals surface area (Å²) in [5, 5.41) is 2.48. The van der Waals surface area contributed by atoms with Crippen LogP contribution in [0.2, 0.25) is 0 Å². The molecule has 114 valence electrons. The average molecular weight is 312 g/mol. The van der Waals surface area contributed by atoms with Gasteiger partial charge in [0.25, 0.3) is 0 Å². The van der Waals surface area contributed by atoms with Crippen molar-refractivity contribution < 1.29 is 9.18 Å². The Morgan fingerprint density at radius 1 is 1.43 bits per heavy atom. The van der Waals surface area contributed by atoms with Crippen molar-refractivity contribution in [2.45, 2.75) is 32.7 Å². The lowest BCUT2D eigenvalue weighted by Gasteiger charge is -2.12. The summed E-state index contributed by atoms with van der Waals surface area (Å²) < 4.78 is 15.1. The molecule has 0 aliphatic heterocycles. The molecule has 1 aromatic heterocycles. The number of carbonyl (C=O) groups is 1. The molecule has 0 aliphatic carbocycles. The van der Waals surface area contributed by atoms with E-state index in [-0.39, 0.29) is 23.6 Å². The van der Waals surface area contributed by atoms with Gasteiger partial charge in [0, 0.05) is 6.54 Å². The van der Waals surface area contributed by atoms with Crippen molar-refractivity contribution in [3.05, 3.63) is 29.8 Å². The predicted octanol–water partition coefficient (Wildman–Crippen LogP) is 3.25. The van der Waals surface area contributed by atoms with E-state index in [0.29, 0.717) is 29.3 Å². The average Bonchev–Trinajstić information content (AvgIpc) is 2.75. The first kappa shape index (κ1) is 15.8. The molecule has 0 bridgehead atoms. The van der Waals surface area contributed by atoms with Crippen LogP contribution in [0.1, 0.15) is 32.0 Å². The number of hydrogen-bond acceptors (Lipinski definition) is 2. The Balaban J connectivity index is 2.33. The molecule has 0 fully saturated rings. The minimum atomic E-state index is -0.363. The summed E-state index contributed by atoms with van der Waals surface area (Å²) in [6.07, 6.45) is 0. The summed E-state index contributed by atoms with van der Waals surface area (Å²) in [6, 6.07) is 4.32. The number of nitrogens with zero attached hydrogens (tertiary/aromatic N) is 2. The maximum absolute atomic E-state index is 13.4. The van der Waals surface area contributed by atoms with E-state index in [9.17, 15) is 9.18 Å². The molecule has 0 saturated carbocycles. The third kappa shape index (κ3) is 3.73. The largest absolute Gasteiger partial charge is 0.354 e. The van der Waals surface area contributed by atoms with Crippen LogP contribution in [0.25, 0.3) is 11.0 Å². The summed E-state index contributed by atoms with van der Waals surface area (Å²) >= 11 is 6.12. The number of hydrogen-bond donors (Lipinski definition) is 1. The zero-order valence-corrected chi connectivity index (χ0v) is 13.1. The molecule has 2 rings (SSSR count). The van der Waals surface area contributed by atoms with Gasteiger partial charge in [-0.2, -0.15) is 0 Å². The Kier molecular flexibility index (Phi) is 4.83. The molecule has 0 saturated heterocycles. The van der Waals surface area contributed by atoms with Gasteiger partial charge >= 0.3 is 0 Å². The molecule has 1 amide bonds. The number of amides is 1. The second-order valence-corrected chi connectivity index (χ2v) is 6.16. The highest BCUT2D eigenvalue weighted by Gasteiger charge is 2.17. The zero-order chi connectivity index (χ0) is 15.6. The number of alkyl halides is 1. The summed E-state index contributed by atoms with van der Waals surface area (Å²) in [5.74, 6) is 0.445. The lowest BCUT2D eigenvalue weighted by atomic mass is 10.2. The first-order valence-corrected chi connectivity index (χ1v) is 7.38. The number of nitrogens with one attached hydrogen (secondary N) is 1. The van der Waals surface area contributed by atoms with Gasteiger partial charge in [0.15, 0.2) is 0 Å². The van der Waals surface area contributed by atoms with Gasteiger partial charge in [-0.1, -0.05) is 13.8 Å². The first-order valence-electron chi connectivity index (χ1n) is 6.95. The van der Waals surface area contributed by atoms with E-state index in [1.807, 2.05) is 13.8 Å². The highest BCUT2D eigenvalue weighted by atomic mass is 35.5. The van der Waals surface area contributed by atoms with Gasteiger partial charge in [-0.3, -0.25) is 4.79 Å². The number of fused-ring (bicyclic) bond motifs is 1. The summed E-state index contributed by atoms with van der Waals surface area (Å²) in [4.78, 5) is 16.4. The number of carbonyl (C=O) groups excluding carboxylic acids is 1. The molecule has 4 nitrogen and oxygen atoms in total. The zero-order valence-electron chi connectivity index (χ0n) is 12.4. The number of halogens is 2. The molecule has 2 aromatic rings. The molecule has 0 spiro atoms. The van der Waals surface area contributed by atoms with Crippen molar-refractivity contribution in [1.82, 2.24) is 14.9 Å². The Hall–Kier alpha value is -1.62. The van der Waals surface area contributed by atoms with E-state index in [2.05, 4.69) is 10.3 Å². The van der Waals surface area contributed by atoms with Crippen LogP contribution < -0.4 is 5.32 Å². The van der Waals surface area contributed by atoms with Gasteiger partial charge in [0.1, 0.15) is 18.2 Å². The summed E-state index contributed by atoms with van der Waals surface area (Å²) in [7, 11) is 0. The predicted molar refractivity (Wildman–Crippen MR) is 81.8 cm³/mol. The lowest BCUT2D eigenvalue weighted by Crippen LogP contribution is -2.31. The molecule has 1 aromatic carbocycles. The second kappa shape index (κ2) is 6.43. The second-order valence-electron chi connectivity index (χ2n) is 5.50. The van der Waals surface area contributed by atoms with E-state index in [1.54, 1.807) is 17.6 Å². The third-order valence-electron chi connectivity index (χ3n) is 3.10. The van der Waals surface area contributed by atoms with Gasteiger partial charge in [-0.15, -0.1) is 11.6 Å². The third-order valence-corrected chi connectivity index (χ3v) is 3.30. The number of imidazole rings is 1. The first-order chi connectivity index (χ1) is 9.88. The topological polar surface area (TPSA) is 46.9 Å². The van der Waals surface area contributed by atoms with Gasteiger partial charge < -0.3 is 9.88 Å². The number of aromatic nitrogens is 2. The molecular weight excluding hydrogens is 293 g/mol. The van der Waals surface area contributed by atoms with Crippen molar-refractivity contribution in [2.24, 2.45) is 5.92 Å². The highest BCUT2D eigenvalue weighted by Crippen LogP contribution is 2.25. The van der Waals surface area contributed by atoms with Crippen molar-refractivity contribution in [2.75, 3.05) is 6.54 Å². The molecular formula is C15H19ClFN3O. The summed E-state index contributed by atoms with van der Waals surface area (Å²) in [5.41, 5.74) is 1.22. The standard InChI is InChI=1S/C15H19ClFN3O/c1-9(2)7-18-14(21)8-20-13-6-11(17)4-5-12(13)19-15(20)10(3)16/h4-6,9-10H,7-8H2,1-3H3,(H,18,21). The lowest BCUT2D eigenvalue weighted by molar-refractivity contribution is -0.121. The molecule has 1 N–H and O–H groups in total. The molecule has 21 heavy (non-hydrogen) atoms. The van der Waals surface area contributed by atoms with Crippen LogP contribution in [0.3, 0.4) is 0 Å². The maximum Gasteiger partial charge on any atom is 0.240 e. The van der Waals surface area contributed by atoms with Crippen LogP contribution in [0.15, 0.2) is 18.2 Å². The SMILES string of the molecule is CC(C)CNC(=O)Cn1c(C(C)Cl)nc2ccc(F)cc21. The van der Waals surface area contributed by atoms with Gasteiger partial charge in [-0.25, -0.2) is 9.37 Å². The van der Waals surface area contributed by atoms with Crippen LogP contribution >= 0.6 is 11.6 Å². The Morgan fingerprint density at radius 3 is 2.76 bits per heavy atom. The van der Waals surface area contributed by atoms with Crippen molar-refractivity contribution in [3.8, 4) is 0 Å². The van der Waals surface area contributed by atoms with Crippen LogP contribution in [0, 0.1) is 11.7 Å². The Morgan fingerprint density at radius 2 is 2.14 bits per heavy atom. The van der Waals surface area contributed by atoms with E-state index in [4.69, 9.17) is 11.6 Å². The van der Waals surface area contributed by atoms with Crippen LogP contribution in [0.5, 0.6) is 0 Å². The fourth-order valence-electron chi connectivity index (χ4n) is 2.10. The Labute approximate surface area is 128 Å². The highest BCUT2D eigenvalue weighted by molar-refractivity contribution is 6.20. The minimum Gasteiger partial charge on any atom is -0.354 e. The van der Waals surface area contributed by atoms with Crippen LogP contribution in [-0.2, 0) is 11.3 Å². The van der Waals surface area contributed by atoms with Gasteiger partial charge in [-0.05, 0) is 31.0 Å². The molecule has 6 heteroatoms. The fourth-order valence-corrected chi connectivity index (χ4v) is 2.27. The summed E-state index contributed by atoms with van der Waals surface area (Å²) in [6.45, 7) is 6.51. The molecule has 0 aliphatic rings.